The van der Waals surface area contributed by atoms with Crippen molar-refractivity contribution >= 4 is 34.8 Å². The van der Waals surface area contributed by atoms with E-state index in [0.29, 0.717) is 47.0 Å². The maximum absolute atomic E-state index is 12.6. The van der Waals surface area contributed by atoms with Crippen LogP contribution in [0.25, 0.3) is 0 Å². The fraction of sp³-hybridized carbons (Fsp3) is 0.316. The molecule has 0 radical (unpaired) electrons. The van der Waals surface area contributed by atoms with E-state index in [4.69, 9.17) is 32.7 Å². The number of hydrogen-bond acceptors (Lipinski definition) is 3. The van der Waals surface area contributed by atoms with Crippen molar-refractivity contribution in [3.63, 3.8) is 0 Å². The van der Waals surface area contributed by atoms with Crippen LogP contribution in [0.5, 0.6) is 11.5 Å². The van der Waals surface area contributed by atoms with Crippen LogP contribution in [0.15, 0.2) is 36.4 Å². The second-order valence-electron chi connectivity index (χ2n) is 6.34. The number of likely N-dealkylation sites (N-methyl/N-ethyl adjacent to an activating group) is 1. The first-order valence-corrected chi connectivity index (χ1v) is 9.16. The summed E-state index contributed by atoms with van der Waals surface area (Å²) in [6, 6.07) is 10.7. The highest BCUT2D eigenvalue weighted by Gasteiger charge is 2.23. The van der Waals surface area contributed by atoms with Gasteiger partial charge in [0.2, 0.25) is 0 Å². The summed E-state index contributed by atoms with van der Waals surface area (Å²) in [5.41, 5.74) is 1.71. The quantitative estimate of drug-likeness (QED) is 0.818. The maximum atomic E-state index is 12.6. The van der Waals surface area contributed by atoms with Crippen molar-refractivity contribution in [2.75, 3.05) is 25.6 Å². The summed E-state index contributed by atoms with van der Waals surface area (Å²) in [4.78, 5) is 13.6. The molecule has 2 aromatic carbocycles. The van der Waals surface area contributed by atoms with E-state index in [2.05, 4.69) is 5.32 Å². The molecule has 0 fully saturated rings. The summed E-state index contributed by atoms with van der Waals surface area (Å²) >= 11 is 12.0. The van der Waals surface area contributed by atoms with Crippen molar-refractivity contribution in [3.8, 4) is 11.5 Å². The van der Waals surface area contributed by atoms with E-state index < -0.39 is 0 Å². The molecule has 1 aliphatic rings. The van der Waals surface area contributed by atoms with Gasteiger partial charge in [-0.3, -0.25) is 4.79 Å². The molecule has 5 nitrogen and oxygen atoms in total. The summed E-state index contributed by atoms with van der Waals surface area (Å²) in [6.45, 7) is 3.60. The number of carbonyl (C=O) groups is 1. The van der Waals surface area contributed by atoms with E-state index in [1.54, 1.807) is 18.2 Å². The van der Waals surface area contributed by atoms with Crippen molar-refractivity contribution < 1.29 is 19.2 Å². The maximum Gasteiger partial charge on any atom is 0.282 e. The average molecular weight is 396 g/mol. The Morgan fingerprint density at radius 3 is 2.58 bits per heavy atom. The molecule has 2 atom stereocenters. The SMILES string of the molecule is C[C@H](C(=O)Nc1ccc2c(c1)OCCO2)[NH+](C)Cc1ccc(Cl)c(Cl)c1. The average Bonchev–Trinajstić information content (AvgIpc) is 2.64. The molecule has 1 amide bonds. The molecule has 7 heteroatoms. The Morgan fingerprint density at radius 2 is 1.85 bits per heavy atom. The number of hydrogen-bond donors (Lipinski definition) is 2. The Labute approximate surface area is 162 Å². The van der Waals surface area contributed by atoms with E-state index in [0.717, 1.165) is 10.5 Å². The number of nitrogens with one attached hydrogen (secondary N) is 2. The molecule has 0 bridgehead atoms. The van der Waals surface area contributed by atoms with E-state index in [1.807, 2.05) is 32.2 Å². The number of quaternary nitrogens is 1. The van der Waals surface area contributed by atoms with Gasteiger partial charge in [-0.05, 0) is 31.2 Å². The molecule has 0 saturated carbocycles. The Hall–Kier alpha value is -1.95. The number of anilines is 1. The first-order chi connectivity index (χ1) is 12.4. The monoisotopic (exact) mass is 395 g/mol. The zero-order valence-corrected chi connectivity index (χ0v) is 16.2. The van der Waals surface area contributed by atoms with Gasteiger partial charge in [-0.1, -0.05) is 29.3 Å². The van der Waals surface area contributed by atoms with Crippen LogP contribution in [-0.4, -0.2) is 32.2 Å². The number of carbonyl (C=O) groups excluding carboxylic acids is 1. The van der Waals surface area contributed by atoms with Crippen molar-refractivity contribution in [2.45, 2.75) is 19.5 Å². The summed E-state index contributed by atoms with van der Waals surface area (Å²) in [5.74, 6) is 1.28. The summed E-state index contributed by atoms with van der Waals surface area (Å²) < 4.78 is 11.0. The van der Waals surface area contributed by atoms with Crippen LogP contribution >= 0.6 is 23.2 Å². The van der Waals surface area contributed by atoms with Crippen molar-refractivity contribution in [1.29, 1.82) is 0 Å². The summed E-state index contributed by atoms with van der Waals surface area (Å²) in [6.07, 6.45) is 0. The number of ether oxygens (including phenoxy) is 2. The van der Waals surface area contributed by atoms with Crippen molar-refractivity contribution in [1.82, 2.24) is 0 Å². The first-order valence-electron chi connectivity index (χ1n) is 8.41. The lowest BCUT2D eigenvalue weighted by atomic mass is 10.2. The van der Waals surface area contributed by atoms with Gasteiger partial charge < -0.3 is 19.7 Å². The van der Waals surface area contributed by atoms with Gasteiger partial charge in [0, 0.05) is 17.3 Å². The standard InChI is InChI=1S/C19H20Cl2N2O3/c1-12(23(2)11-13-3-5-15(20)16(21)9-13)19(24)22-14-4-6-17-18(10-14)26-8-7-25-17/h3-6,9-10,12H,7-8,11H2,1-2H3,(H,22,24)/p+1/t12-/m1/s1. The van der Waals surface area contributed by atoms with Gasteiger partial charge in [0.15, 0.2) is 17.5 Å². The van der Waals surface area contributed by atoms with Crippen LogP contribution in [0, 0.1) is 0 Å². The van der Waals surface area contributed by atoms with Crippen LogP contribution < -0.4 is 19.7 Å². The highest BCUT2D eigenvalue weighted by atomic mass is 35.5. The highest BCUT2D eigenvalue weighted by molar-refractivity contribution is 6.42. The molecule has 3 rings (SSSR count). The lowest BCUT2D eigenvalue weighted by Gasteiger charge is -2.22. The van der Waals surface area contributed by atoms with E-state index >= 15 is 0 Å². The minimum Gasteiger partial charge on any atom is -0.486 e. The van der Waals surface area contributed by atoms with Crippen LogP contribution in [0.1, 0.15) is 12.5 Å². The molecule has 1 aliphatic heterocycles. The largest absolute Gasteiger partial charge is 0.486 e. The van der Waals surface area contributed by atoms with Gasteiger partial charge in [0.25, 0.3) is 5.91 Å². The first kappa shape index (κ1) is 18.8. The molecule has 0 aromatic heterocycles. The van der Waals surface area contributed by atoms with Gasteiger partial charge in [-0.15, -0.1) is 0 Å². The highest BCUT2D eigenvalue weighted by Crippen LogP contribution is 2.32. The van der Waals surface area contributed by atoms with Gasteiger partial charge in [-0.2, -0.15) is 0 Å². The Kier molecular flexibility index (Phi) is 5.91. The molecule has 1 heterocycles. The molecule has 138 valence electrons. The number of halogens is 2. The second kappa shape index (κ2) is 8.16. The second-order valence-corrected chi connectivity index (χ2v) is 7.16. The fourth-order valence-electron chi connectivity index (χ4n) is 2.72. The minimum absolute atomic E-state index is 0.0701. The predicted molar refractivity (Wildman–Crippen MR) is 103 cm³/mol. The molecule has 0 saturated heterocycles. The van der Waals surface area contributed by atoms with Gasteiger partial charge in [0.05, 0.1) is 17.1 Å². The summed E-state index contributed by atoms with van der Waals surface area (Å²) in [7, 11) is 1.97. The number of amides is 1. The lowest BCUT2D eigenvalue weighted by Crippen LogP contribution is -3.12. The number of fused-ring (bicyclic) bond motifs is 1. The predicted octanol–water partition coefficient (Wildman–Crippen LogP) is 2.81. The summed E-state index contributed by atoms with van der Waals surface area (Å²) in [5, 5.41) is 3.98. The topological polar surface area (TPSA) is 52.0 Å². The third-order valence-corrected chi connectivity index (χ3v) is 5.15. The Balaban J connectivity index is 1.62. The van der Waals surface area contributed by atoms with Crippen LogP contribution in [0.3, 0.4) is 0 Å². The van der Waals surface area contributed by atoms with Gasteiger partial charge in [0.1, 0.15) is 19.8 Å². The molecular weight excluding hydrogens is 375 g/mol. The molecule has 0 aliphatic carbocycles. The fourth-order valence-corrected chi connectivity index (χ4v) is 3.04. The van der Waals surface area contributed by atoms with Crippen molar-refractivity contribution in [2.24, 2.45) is 0 Å². The third kappa shape index (κ3) is 4.41. The normalized spacial score (nSPS) is 15.2. The van der Waals surface area contributed by atoms with Crippen molar-refractivity contribution in [3.05, 3.63) is 52.0 Å². The molecule has 0 spiro atoms. The minimum atomic E-state index is -0.252. The number of benzene rings is 2. The molecular formula is C19H21Cl2N2O3+. The van der Waals surface area contributed by atoms with Crippen LogP contribution in [0.4, 0.5) is 5.69 Å². The molecule has 2 aromatic rings. The van der Waals surface area contributed by atoms with Crippen LogP contribution in [0.2, 0.25) is 10.0 Å². The zero-order valence-electron chi connectivity index (χ0n) is 14.6. The Bertz CT molecular complexity index is 813. The molecule has 2 N–H and O–H groups in total. The Morgan fingerprint density at radius 1 is 1.12 bits per heavy atom. The lowest BCUT2D eigenvalue weighted by molar-refractivity contribution is -0.907. The van der Waals surface area contributed by atoms with E-state index in [9.17, 15) is 4.79 Å². The van der Waals surface area contributed by atoms with Gasteiger partial charge >= 0.3 is 0 Å². The van der Waals surface area contributed by atoms with E-state index in [1.165, 1.54) is 0 Å². The molecule has 26 heavy (non-hydrogen) atoms. The number of rotatable bonds is 5. The van der Waals surface area contributed by atoms with E-state index in [-0.39, 0.29) is 11.9 Å². The zero-order chi connectivity index (χ0) is 18.7. The van der Waals surface area contributed by atoms with Crippen LogP contribution in [-0.2, 0) is 11.3 Å². The van der Waals surface area contributed by atoms with Gasteiger partial charge in [-0.25, -0.2) is 0 Å². The molecule has 1 unspecified atom stereocenters. The smallest absolute Gasteiger partial charge is 0.282 e. The third-order valence-electron chi connectivity index (χ3n) is 4.41.